The minimum atomic E-state index is -0.447. The Labute approximate surface area is 151 Å². The zero-order valence-corrected chi connectivity index (χ0v) is 15.3. The zero-order valence-electron chi connectivity index (χ0n) is 14.4. The molecule has 134 valence electrons. The van der Waals surface area contributed by atoms with Crippen molar-refractivity contribution in [2.24, 2.45) is 0 Å². The van der Waals surface area contributed by atoms with Crippen molar-refractivity contribution in [1.82, 2.24) is 14.5 Å². The fourth-order valence-corrected chi connectivity index (χ4v) is 4.04. The van der Waals surface area contributed by atoms with Gasteiger partial charge in [-0.15, -0.1) is 0 Å². The lowest BCUT2D eigenvalue weighted by Crippen LogP contribution is -2.32. The van der Waals surface area contributed by atoms with Crippen LogP contribution in [0.1, 0.15) is 19.3 Å². The first-order chi connectivity index (χ1) is 12.2. The quantitative estimate of drug-likeness (QED) is 0.446. The summed E-state index contributed by atoms with van der Waals surface area (Å²) < 4.78 is 6.16. The molecule has 2 heterocycles. The van der Waals surface area contributed by atoms with Crippen LogP contribution >= 0.6 is 11.8 Å². The number of para-hydroxylation sites is 1. The molecule has 0 aliphatic carbocycles. The van der Waals surface area contributed by atoms with E-state index in [2.05, 4.69) is 9.88 Å². The van der Waals surface area contributed by atoms with E-state index in [1.165, 1.54) is 42.7 Å². The first-order valence-corrected chi connectivity index (χ1v) is 9.59. The first-order valence-electron chi connectivity index (χ1n) is 8.60. The molecule has 0 unspecified atom stereocenters. The van der Waals surface area contributed by atoms with Gasteiger partial charge in [0, 0.05) is 12.3 Å². The van der Waals surface area contributed by atoms with Gasteiger partial charge in [-0.3, -0.25) is 14.2 Å². The maximum Gasteiger partial charge on any atom is 0.325 e. The van der Waals surface area contributed by atoms with Gasteiger partial charge in [-0.05, 0) is 38.1 Å². The van der Waals surface area contributed by atoms with Gasteiger partial charge in [0.2, 0.25) is 0 Å². The average molecular weight is 361 g/mol. The molecule has 1 aromatic carbocycles. The molecule has 1 aliphatic heterocycles. The van der Waals surface area contributed by atoms with E-state index in [4.69, 9.17) is 4.74 Å². The second-order valence-electron chi connectivity index (χ2n) is 6.13. The Bertz CT molecular complexity index is 800. The first kappa shape index (κ1) is 17.9. The molecule has 0 radical (unpaired) electrons. The smallest absolute Gasteiger partial charge is 0.325 e. The lowest BCUT2D eigenvalue weighted by atomic mass is 10.1. The molecule has 25 heavy (non-hydrogen) atoms. The molecule has 0 spiro atoms. The standard InChI is InChI=1S/C18H23N3O3S/c1-24-16(22)13-21-17(23)14-7-3-4-8-15(14)19-18(21)25-12-11-20-9-5-2-6-10-20/h3-4,7-8H,2,5-6,9-13H2,1H3. The van der Waals surface area contributed by atoms with Crippen molar-refractivity contribution in [3.05, 3.63) is 34.6 Å². The number of ether oxygens (including phenoxy) is 1. The van der Waals surface area contributed by atoms with E-state index in [-0.39, 0.29) is 12.1 Å². The van der Waals surface area contributed by atoms with Crippen LogP contribution in [0.25, 0.3) is 10.9 Å². The van der Waals surface area contributed by atoms with Crippen molar-refractivity contribution in [3.8, 4) is 0 Å². The highest BCUT2D eigenvalue weighted by Gasteiger charge is 2.15. The summed E-state index contributed by atoms with van der Waals surface area (Å²) in [5, 5.41) is 1.10. The van der Waals surface area contributed by atoms with Crippen LogP contribution in [0.2, 0.25) is 0 Å². The third kappa shape index (κ3) is 4.41. The van der Waals surface area contributed by atoms with Gasteiger partial charge in [-0.2, -0.15) is 0 Å². The zero-order chi connectivity index (χ0) is 17.6. The summed E-state index contributed by atoms with van der Waals surface area (Å²) in [6.45, 7) is 3.13. The molecular formula is C18H23N3O3S. The summed E-state index contributed by atoms with van der Waals surface area (Å²) in [7, 11) is 1.32. The number of hydrogen-bond acceptors (Lipinski definition) is 6. The highest BCUT2D eigenvalue weighted by Crippen LogP contribution is 2.19. The van der Waals surface area contributed by atoms with E-state index >= 15 is 0 Å². The number of aromatic nitrogens is 2. The molecule has 0 amide bonds. The van der Waals surface area contributed by atoms with Gasteiger partial charge in [0.25, 0.3) is 5.56 Å². The van der Waals surface area contributed by atoms with Crippen LogP contribution in [0.4, 0.5) is 0 Å². The van der Waals surface area contributed by atoms with Crippen LogP contribution in [0.3, 0.4) is 0 Å². The Morgan fingerprint density at radius 3 is 2.76 bits per heavy atom. The molecule has 6 nitrogen and oxygen atoms in total. The minimum Gasteiger partial charge on any atom is -0.468 e. The summed E-state index contributed by atoms with van der Waals surface area (Å²) in [6, 6.07) is 7.23. The van der Waals surface area contributed by atoms with E-state index in [9.17, 15) is 9.59 Å². The predicted octanol–water partition coefficient (Wildman–Crippen LogP) is 2.15. The third-order valence-corrected chi connectivity index (χ3v) is 5.39. The van der Waals surface area contributed by atoms with E-state index in [0.717, 1.165) is 25.4 Å². The lowest BCUT2D eigenvalue weighted by Gasteiger charge is -2.26. The maximum absolute atomic E-state index is 12.8. The van der Waals surface area contributed by atoms with Crippen LogP contribution < -0.4 is 5.56 Å². The van der Waals surface area contributed by atoms with Crippen LogP contribution in [-0.2, 0) is 16.1 Å². The fourth-order valence-electron chi connectivity index (χ4n) is 3.04. The molecule has 3 rings (SSSR count). The lowest BCUT2D eigenvalue weighted by molar-refractivity contribution is -0.141. The normalized spacial score (nSPS) is 15.4. The van der Waals surface area contributed by atoms with Crippen LogP contribution in [-0.4, -0.2) is 52.9 Å². The number of fused-ring (bicyclic) bond motifs is 1. The largest absolute Gasteiger partial charge is 0.468 e. The highest BCUT2D eigenvalue weighted by molar-refractivity contribution is 7.99. The maximum atomic E-state index is 12.8. The van der Waals surface area contributed by atoms with Crippen molar-refractivity contribution >= 4 is 28.6 Å². The monoisotopic (exact) mass is 361 g/mol. The van der Waals surface area contributed by atoms with Gasteiger partial charge in [0.15, 0.2) is 5.16 Å². The second kappa shape index (κ2) is 8.49. The van der Waals surface area contributed by atoms with Gasteiger partial charge < -0.3 is 9.64 Å². The van der Waals surface area contributed by atoms with Crippen molar-refractivity contribution < 1.29 is 9.53 Å². The van der Waals surface area contributed by atoms with E-state index in [0.29, 0.717) is 16.1 Å². The Morgan fingerprint density at radius 1 is 1.24 bits per heavy atom. The summed E-state index contributed by atoms with van der Waals surface area (Å²) in [5.41, 5.74) is 0.463. The number of esters is 1. The Morgan fingerprint density at radius 2 is 2.00 bits per heavy atom. The minimum absolute atomic E-state index is 0.112. The molecule has 1 aliphatic rings. The topological polar surface area (TPSA) is 64.4 Å². The molecular weight excluding hydrogens is 338 g/mol. The summed E-state index contributed by atoms with van der Waals surface area (Å²) in [5.74, 6) is 0.392. The van der Waals surface area contributed by atoms with Crippen LogP contribution in [0, 0.1) is 0 Å². The molecule has 2 aromatic rings. The highest BCUT2D eigenvalue weighted by atomic mass is 32.2. The molecule has 0 atom stereocenters. The summed E-state index contributed by atoms with van der Waals surface area (Å²) in [6.07, 6.45) is 3.83. The van der Waals surface area contributed by atoms with Crippen molar-refractivity contribution in [1.29, 1.82) is 0 Å². The molecule has 0 bridgehead atoms. The van der Waals surface area contributed by atoms with Gasteiger partial charge in [-0.1, -0.05) is 30.3 Å². The molecule has 7 heteroatoms. The van der Waals surface area contributed by atoms with E-state index in [1.807, 2.05) is 12.1 Å². The molecule has 1 saturated heterocycles. The van der Waals surface area contributed by atoms with Gasteiger partial charge in [0.1, 0.15) is 6.54 Å². The van der Waals surface area contributed by atoms with Crippen LogP contribution in [0.5, 0.6) is 0 Å². The van der Waals surface area contributed by atoms with Gasteiger partial charge in [-0.25, -0.2) is 4.98 Å². The Balaban J connectivity index is 1.82. The Kier molecular flexibility index (Phi) is 6.09. The number of likely N-dealkylation sites (tertiary alicyclic amines) is 1. The summed E-state index contributed by atoms with van der Waals surface area (Å²) in [4.78, 5) is 31.5. The van der Waals surface area contributed by atoms with Crippen LogP contribution in [0.15, 0.2) is 34.2 Å². The van der Waals surface area contributed by atoms with Gasteiger partial charge in [0.05, 0.1) is 18.0 Å². The number of carbonyl (C=O) groups excluding carboxylic acids is 1. The number of benzene rings is 1. The number of rotatable bonds is 6. The molecule has 0 N–H and O–H groups in total. The SMILES string of the molecule is COC(=O)Cn1c(SCCN2CCCCC2)nc2ccccc2c1=O. The number of piperidine rings is 1. The van der Waals surface area contributed by atoms with Crippen molar-refractivity contribution in [2.75, 3.05) is 32.5 Å². The molecule has 0 saturated carbocycles. The number of carbonyl (C=O) groups is 1. The molecule has 1 aromatic heterocycles. The number of hydrogen-bond donors (Lipinski definition) is 0. The van der Waals surface area contributed by atoms with Crippen molar-refractivity contribution in [3.63, 3.8) is 0 Å². The third-order valence-electron chi connectivity index (χ3n) is 4.43. The Hall–Kier alpha value is -1.86. The number of methoxy groups -OCH3 is 1. The second-order valence-corrected chi connectivity index (χ2v) is 7.19. The fraction of sp³-hybridized carbons (Fsp3) is 0.500. The van der Waals surface area contributed by atoms with E-state index in [1.54, 1.807) is 12.1 Å². The number of thioether (sulfide) groups is 1. The van der Waals surface area contributed by atoms with E-state index < -0.39 is 5.97 Å². The predicted molar refractivity (Wildman–Crippen MR) is 99.0 cm³/mol. The van der Waals surface area contributed by atoms with Crippen molar-refractivity contribution in [2.45, 2.75) is 31.0 Å². The van der Waals surface area contributed by atoms with Gasteiger partial charge >= 0.3 is 5.97 Å². The number of nitrogens with zero attached hydrogens (tertiary/aromatic N) is 3. The summed E-state index contributed by atoms with van der Waals surface area (Å²) >= 11 is 1.52. The molecule has 1 fully saturated rings. The average Bonchev–Trinajstić information content (AvgIpc) is 2.65.